The van der Waals surface area contributed by atoms with Gasteiger partial charge in [-0.05, 0) is 0 Å². The average Bonchev–Trinajstić information content (AvgIpc) is 2.47. The fraction of sp³-hybridized carbons (Fsp3) is 0.538. The SMILES string of the molecule is C=CC(=O)OC.CCC(=O)O.CCC(=O)O.CCC(=O)O. The molecule has 0 spiro atoms. The maximum Gasteiger partial charge on any atom is 0.329 e. The van der Waals surface area contributed by atoms with E-state index in [9.17, 15) is 19.2 Å². The van der Waals surface area contributed by atoms with Gasteiger partial charge in [0.25, 0.3) is 0 Å². The molecule has 8 heteroatoms. The molecular formula is C13H24O8. The highest BCUT2D eigenvalue weighted by Crippen LogP contribution is 1.68. The van der Waals surface area contributed by atoms with Crippen molar-refractivity contribution >= 4 is 23.9 Å². The summed E-state index contributed by atoms with van der Waals surface area (Å²) < 4.78 is 4.14. The van der Waals surface area contributed by atoms with Crippen molar-refractivity contribution in [2.24, 2.45) is 0 Å². The first-order chi connectivity index (χ1) is 9.62. The number of hydrogen-bond acceptors (Lipinski definition) is 5. The van der Waals surface area contributed by atoms with Gasteiger partial charge in [-0.3, -0.25) is 14.4 Å². The summed E-state index contributed by atoms with van der Waals surface area (Å²) in [6.07, 6.45) is 1.78. The van der Waals surface area contributed by atoms with E-state index in [2.05, 4.69) is 11.3 Å². The van der Waals surface area contributed by atoms with E-state index in [4.69, 9.17) is 15.3 Å². The van der Waals surface area contributed by atoms with E-state index in [0.29, 0.717) is 0 Å². The molecule has 0 saturated carbocycles. The number of rotatable bonds is 4. The van der Waals surface area contributed by atoms with Gasteiger partial charge in [-0.1, -0.05) is 27.4 Å². The zero-order chi connectivity index (χ0) is 17.8. The Morgan fingerprint density at radius 1 is 0.857 bits per heavy atom. The monoisotopic (exact) mass is 308 g/mol. The maximum absolute atomic E-state index is 9.84. The summed E-state index contributed by atoms with van der Waals surface area (Å²) in [5, 5.41) is 23.2. The Morgan fingerprint density at radius 2 is 1.05 bits per heavy atom. The number of carboxylic acids is 3. The Kier molecular flexibility index (Phi) is 29.3. The Bertz CT molecular complexity index is 276. The number of carbonyl (C=O) groups excluding carboxylic acids is 1. The van der Waals surface area contributed by atoms with Crippen molar-refractivity contribution in [1.29, 1.82) is 0 Å². The van der Waals surface area contributed by atoms with E-state index < -0.39 is 23.9 Å². The number of aliphatic carboxylic acids is 3. The number of hydrogen-bond donors (Lipinski definition) is 3. The third-order valence-electron chi connectivity index (χ3n) is 1.28. The molecule has 0 aromatic heterocycles. The topological polar surface area (TPSA) is 138 Å². The first kappa shape index (κ1) is 27.0. The van der Waals surface area contributed by atoms with Crippen LogP contribution >= 0.6 is 0 Å². The summed E-state index contributed by atoms with van der Waals surface area (Å²) in [5.41, 5.74) is 0. The molecule has 0 radical (unpaired) electrons. The minimum Gasteiger partial charge on any atom is -0.481 e. The standard InChI is InChI=1S/C4H6O2.3C3H6O2/c1-3-4(5)6-2;3*1-2-3(4)5/h3H,1H2,2H3;3*2H2,1H3,(H,4,5). The quantitative estimate of drug-likeness (QED) is 0.527. The third-order valence-corrected chi connectivity index (χ3v) is 1.28. The van der Waals surface area contributed by atoms with Gasteiger partial charge in [-0.2, -0.15) is 0 Å². The molecule has 0 fully saturated rings. The first-order valence-corrected chi connectivity index (χ1v) is 5.98. The Morgan fingerprint density at radius 3 is 1.05 bits per heavy atom. The Labute approximate surface area is 124 Å². The van der Waals surface area contributed by atoms with Crippen molar-refractivity contribution in [3.8, 4) is 0 Å². The predicted octanol–water partition coefficient (Wildman–Crippen LogP) is 1.79. The lowest BCUT2D eigenvalue weighted by Crippen LogP contribution is -1.91. The van der Waals surface area contributed by atoms with E-state index in [0.717, 1.165) is 6.08 Å². The lowest BCUT2D eigenvalue weighted by Gasteiger charge is -1.83. The summed E-state index contributed by atoms with van der Waals surface area (Å²) in [6, 6.07) is 0. The van der Waals surface area contributed by atoms with Crippen LogP contribution in [0.1, 0.15) is 40.0 Å². The second-order valence-corrected chi connectivity index (χ2v) is 2.97. The molecule has 3 N–H and O–H groups in total. The average molecular weight is 308 g/mol. The van der Waals surface area contributed by atoms with Crippen LogP contribution in [0.15, 0.2) is 12.7 Å². The van der Waals surface area contributed by atoms with E-state index in [1.807, 2.05) is 0 Å². The summed E-state index contributed by atoms with van der Waals surface area (Å²) in [7, 11) is 1.31. The molecule has 0 aromatic rings. The van der Waals surface area contributed by atoms with Crippen LogP contribution in [0.5, 0.6) is 0 Å². The molecule has 0 amide bonds. The van der Waals surface area contributed by atoms with E-state index in [-0.39, 0.29) is 19.3 Å². The lowest BCUT2D eigenvalue weighted by molar-refractivity contribution is -0.137. The highest BCUT2D eigenvalue weighted by Gasteiger charge is 1.82. The molecule has 0 saturated heterocycles. The molecular weight excluding hydrogens is 284 g/mol. The van der Waals surface area contributed by atoms with Crippen LogP contribution in [-0.4, -0.2) is 46.3 Å². The van der Waals surface area contributed by atoms with Crippen molar-refractivity contribution in [3.05, 3.63) is 12.7 Å². The van der Waals surface area contributed by atoms with Gasteiger partial charge in [-0.25, -0.2) is 4.79 Å². The van der Waals surface area contributed by atoms with Crippen LogP contribution in [0.25, 0.3) is 0 Å². The second kappa shape index (κ2) is 22.8. The van der Waals surface area contributed by atoms with Crippen LogP contribution in [0, 0.1) is 0 Å². The van der Waals surface area contributed by atoms with Gasteiger partial charge in [0.2, 0.25) is 0 Å². The van der Waals surface area contributed by atoms with Crippen LogP contribution in [0.4, 0.5) is 0 Å². The Hall–Kier alpha value is -2.38. The van der Waals surface area contributed by atoms with Crippen molar-refractivity contribution in [2.75, 3.05) is 7.11 Å². The molecule has 0 atom stereocenters. The maximum atomic E-state index is 9.84. The molecule has 8 nitrogen and oxygen atoms in total. The smallest absolute Gasteiger partial charge is 0.329 e. The molecule has 124 valence electrons. The predicted molar refractivity (Wildman–Crippen MR) is 76.0 cm³/mol. The second-order valence-electron chi connectivity index (χ2n) is 2.97. The van der Waals surface area contributed by atoms with Gasteiger partial charge < -0.3 is 20.1 Å². The minimum absolute atomic E-state index is 0.222. The Balaban J connectivity index is -0.0000000921. The summed E-state index contributed by atoms with van der Waals surface area (Å²) >= 11 is 0. The first-order valence-electron chi connectivity index (χ1n) is 5.98. The normalized spacial score (nSPS) is 7.24. The molecule has 0 aliphatic carbocycles. The molecule has 0 aromatic carbocycles. The fourth-order valence-corrected chi connectivity index (χ4v) is 0.0833. The molecule has 21 heavy (non-hydrogen) atoms. The zero-order valence-electron chi connectivity index (χ0n) is 12.8. The van der Waals surface area contributed by atoms with Gasteiger partial charge in [0.05, 0.1) is 7.11 Å². The molecule has 0 bridgehead atoms. The fourth-order valence-electron chi connectivity index (χ4n) is 0.0833. The van der Waals surface area contributed by atoms with Crippen molar-refractivity contribution in [3.63, 3.8) is 0 Å². The molecule has 0 aliphatic rings. The minimum atomic E-state index is -0.745. The van der Waals surface area contributed by atoms with Gasteiger partial charge in [0.1, 0.15) is 0 Å². The summed E-state index contributed by atoms with van der Waals surface area (Å²) in [5.74, 6) is -2.63. The van der Waals surface area contributed by atoms with E-state index >= 15 is 0 Å². The van der Waals surface area contributed by atoms with Gasteiger partial charge in [0, 0.05) is 25.3 Å². The number of methoxy groups -OCH3 is 1. The van der Waals surface area contributed by atoms with Gasteiger partial charge in [-0.15, -0.1) is 0 Å². The number of carboxylic acid groups (broad SMARTS) is 3. The summed E-state index contributed by atoms with van der Waals surface area (Å²) in [4.78, 5) is 37.9. The largest absolute Gasteiger partial charge is 0.481 e. The third kappa shape index (κ3) is 74.0. The number of carbonyl (C=O) groups is 4. The van der Waals surface area contributed by atoms with E-state index in [1.165, 1.54) is 7.11 Å². The lowest BCUT2D eigenvalue weighted by atomic mass is 10.5. The van der Waals surface area contributed by atoms with Crippen molar-refractivity contribution in [2.45, 2.75) is 40.0 Å². The highest BCUT2D eigenvalue weighted by molar-refractivity contribution is 5.80. The summed E-state index contributed by atoms with van der Waals surface area (Å²) in [6.45, 7) is 7.96. The molecule has 0 aliphatic heterocycles. The zero-order valence-corrected chi connectivity index (χ0v) is 12.8. The number of esters is 1. The molecule has 0 heterocycles. The van der Waals surface area contributed by atoms with Gasteiger partial charge in [0.15, 0.2) is 0 Å². The number of ether oxygens (including phenoxy) is 1. The van der Waals surface area contributed by atoms with Gasteiger partial charge >= 0.3 is 23.9 Å². The molecule has 0 rings (SSSR count). The van der Waals surface area contributed by atoms with Crippen LogP contribution in [-0.2, 0) is 23.9 Å². The van der Waals surface area contributed by atoms with Crippen molar-refractivity contribution in [1.82, 2.24) is 0 Å². The van der Waals surface area contributed by atoms with Crippen LogP contribution in [0.3, 0.4) is 0 Å². The molecule has 0 unspecified atom stereocenters. The van der Waals surface area contributed by atoms with Crippen LogP contribution < -0.4 is 0 Å². The van der Waals surface area contributed by atoms with Crippen LogP contribution in [0.2, 0.25) is 0 Å². The van der Waals surface area contributed by atoms with Crippen molar-refractivity contribution < 1.29 is 39.2 Å². The highest BCUT2D eigenvalue weighted by atomic mass is 16.5. The van der Waals surface area contributed by atoms with E-state index in [1.54, 1.807) is 20.8 Å².